The van der Waals surface area contributed by atoms with Gasteiger partial charge in [0.15, 0.2) is 0 Å². The molecule has 2 N–H and O–H groups in total. The summed E-state index contributed by atoms with van der Waals surface area (Å²) in [6.45, 7) is 6.39. The Kier molecular flexibility index (Phi) is 4.01. The molecule has 0 aliphatic carbocycles. The third-order valence-electron chi connectivity index (χ3n) is 1.33. The van der Waals surface area contributed by atoms with Gasteiger partial charge in [0.1, 0.15) is 0 Å². The van der Waals surface area contributed by atoms with Crippen LogP contribution in [0.25, 0.3) is 0 Å². The fraction of sp³-hybridized carbons (Fsp3) is 0.778. The summed E-state index contributed by atoms with van der Waals surface area (Å²) < 4.78 is 0. The third kappa shape index (κ3) is 7.23. The summed E-state index contributed by atoms with van der Waals surface area (Å²) in [4.78, 5) is 0. The molecule has 0 aromatic carbocycles. The zero-order chi connectivity index (χ0) is 8.91. The maximum atomic E-state index is 7.54. The van der Waals surface area contributed by atoms with E-state index in [1.807, 2.05) is 0 Å². The highest BCUT2D eigenvalue weighted by Gasteiger charge is 2.12. The molecule has 0 spiro atoms. The van der Waals surface area contributed by atoms with E-state index in [1.54, 1.807) is 0 Å². The Labute approximate surface area is 69.0 Å². The molecule has 2 nitrogen and oxygen atoms in total. The Bertz CT molecular complexity index is 142. The normalized spacial score (nSPS) is 11.2. The van der Waals surface area contributed by atoms with Crippen LogP contribution in [0.5, 0.6) is 0 Å². The molecule has 0 aliphatic rings. The summed E-state index contributed by atoms with van der Waals surface area (Å²) in [5, 5.41) is 14.3. The molecule has 0 atom stereocenters. The maximum absolute atomic E-state index is 7.54. The highest BCUT2D eigenvalue weighted by atomic mass is 14.4. The molecule has 64 valence electrons. The van der Waals surface area contributed by atoms with Crippen LogP contribution >= 0.6 is 0 Å². The molecular weight excluding hydrogens is 136 g/mol. The first-order valence-corrected chi connectivity index (χ1v) is 4.01. The summed E-state index contributed by atoms with van der Waals surface area (Å²) in [5.74, 6) is 0. The lowest BCUT2D eigenvalue weighted by atomic mass is 9.88. The predicted molar refractivity (Wildman–Crippen MR) is 49.8 cm³/mol. The van der Waals surface area contributed by atoms with Crippen LogP contribution in [0.4, 0.5) is 0 Å². The first-order chi connectivity index (χ1) is 4.95. The van der Waals surface area contributed by atoms with E-state index in [0.29, 0.717) is 0 Å². The van der Waals surface area contributed by atoms with Crippen LogP contribution in [0.2, 0.25) is 0 Å². The molecule has 0 radical (unpaired) electrons. The van der Waals surface area contributed by atoms with Gasteiger partial charge in [-0.2, -0.15) is 0 Å². The molecule has 0 bridgehead atoms. The van der Waals surface area contributed by atoms with Crippen molar-refractivity contribution in [2.75, 3.05) is 0 Å². The van der Waals surface area contributed by atoms with Crippen molar-refractivity contribution in [1.82, 2.24) is 0 Å². The fourth-order valence-electron chi connectivity index (χ4n) is 0.975. The monoisotopic (exact) mass is 154 g/mol. The highest BCUT2D eigenvalue weighted by molar-refractivity contribution is 5.83. The van der Waals surface area contributed by atoms with Crippen molar-refractivity contribution in [3.63, 3.8) is 0 Å². The quantitative estimate of drug-likeness (QED) is 0.585. The van der Waals surface area contributed by atoms with E-state index in [-0.39, 0.29) is 5.41 Å². The predicted octanol–water partition coefficient (Wildman–Crippen LogP) is 2.87. The molecule has 0 rings (SSSR count). The summed E-state index contributed by atoms with van der Waals surface area (Å²) in [6, 6.07) is 0. The van der Waals surface area contributed by atoms with Crippen LogP contribution in [0.1, 0.15) is 40.0 Å². The van der Waals surface area contributed by atoms with Crippen molar-refractivity contribution in [1.29, 1.82) is 10.8 Å². The molecule has 0 aliphatic heterocycles. The highest BCUT2D eigenvalue weighted by Crippen LogP contribution is 2.19. The molecule has 0 fully saturated rings. The summed E-state index contributed by atoms with van der Waals surface area (Å²) in [7, 11) is 0. The van der Waals surface area contributed by atoms with Gasteiger partial charge < -0.3 is 10.8 Å². The minimum absolute atomic E-state index is 0.221. The van der Waals surface area contributed by atoms with E-state index >= 15 is 0 Å². The Morgan fingerprint density at radius 3 is 2.27 bits per heavy atom. The molecule has 0 aromatic heterocycles. The number of nitrogens with one attached hydrogen (secondary N) is 2. The lowest BCUT2D eigenvalue weighted by Gasteiger charge is -2.17. The van der Waals surface area contributed by atoms with Crippen molar-refractivity contribution in [2.24, 2.45) is 5.41 Å². The largest absolute Gasteiger partial charge is 0.313 e. The van der Waals surface area contributed by atoms with Crippen LogP contribution < -0.4 is 0 Å². The van der Waals surface area contributed by atoms with Crippen LogP contribution in [-0.2, 0) is 0 Å². The molecule has 0 aromatic rings. The number of hydrogen-bond acceptors (Lipinski definition) is 2. The van der Waals surface area contributed by atoms with E-state index in [0.717, 1.165) is 25.0 Å². The average molecular weight is 154 g/mol. The smallest absolute Gasteiger partial charge is 0.00980 e. The molecular formula is C9H18N2. The van der Waals surface area contributed by atoms with Crippen molar-refractivity contribution in [2.45, 2.75) is 40.0 Å². The van der Waals surface area contributed by atoms with Gasteiger partial charge in [0.2, 0.25) is 0 Å². The van der Waals surface area contributed by atoms with E-state index in [1.165, 1.54) is 6.21 Å². The number of rotatable bonds is 4. The van der Waals surface area contributed by atoms with Crippen LogP contribution in [0, 0.1) is 16.2 Å². The molecule has 0 amide bonds. The summed E-state index contributed by atoms with van der Waals surface area (Å²) in [5.41, 5.74) is 0.986. The molecule has 0 saturated heterocycles. The van der Waals surface area contributed by atoms with Crippen LogP contribution in [0.3, 0.4) is 0 Å². The first kappa shape index (κ1) is 10.3. The molecule has 0 heterocycles. The van der Waals surface area contributed by atoms with Gasteiger partial charge in [0.05, 0.1) is 0 Å². The number of hydrogen-bond donors (Lipinski definition) is 2. The SMILES string of the molecule is CC(C)(C)CC(=N)CCC=N. The standard InChI is InChI=1S/C9H18N2/c1-9(2,3)7-8(11)5-4-6-10/h6,10-11H,4-5,7H2,1-3H3. The lowest BCUT2D eigenvalue weighted by molar-refractivity contribution is 0.430. The van der Waals surface area contributed by atoms with Gasteiger partial charge in [-0.15, -0.1) is 0 Å². The Morgan fingerprint density at radius 1 is 1.36 bits per heavy atom. The topological polar surface area (TPSA) is 47.7 Å². The first-order valence-electron chi connectivity index (χ1n) is 4.01. The van der Waals surface area contributed by atoms with Crippen molar-refractivity contribution in [3.8, 4) is 0 Å². The summed E-state index contributed by atoms with van der Waals surface area (Å²) in [6.07, 6.45) is 3.69. The van der Waals surface area contributed by atoms with Gasteiger partial charge in [0, 0.05) is 5.71 Å². The second kappa shape index (κ2) is 4.27. The van der Waals surface area contributed by atoms with Crippen LogP contribution in [-0.4, -0.2) is 11.9 Å². The Morgan fingerprint density at radius 2 is 1.91 bits per heavy atom. The van der Waals surface area contributed by atoms with Gasteiger partial charge in [-0.25, -0.2) is 0 Å². The van der Waals surface area contributed by atoms with Crippen molar-refractivity contribution >= 4 is 11.9 Å². The van der Waals surface area contributed by atoms with Gasteiger partial charge in [-0.3, -0.25) is 0 Å². The second-order valence-electron chi connectivity index (χ2n) is 4.08. The molecule has 0 saturated carbocycles. The van der Waals surface area contributed by atoms with Crippen molar-refractivity contribution in [3.05, 3.63) is 0 Å². The zero-order valence-electron chi connectivity index (χ0n) is 7.70. The van der Waals surface area contributed by atoms with E-state index in [9.17, 15) is 0 Å². The maximum Gasteiger partial charge on any atom is 0.00980 e. The second-order valence-corrected chi connectivity index (χ2v) is 4.08. The summed E-state index contributed by atoms with van der Waals surface area (Å²) >= 11 is 0. The minimum Gasteiger partial charge on any atom is -0.313 e. The van der Waals surface area contributed by atoms with Gasteiger partial charge in [-0.05, 0) is 30.9 Å². The third-order valence-corrected chi connectivity index (χ3v) is 1.33. The Balaban J connectivity index is 3.61. The molecule has 0 unspecified atom stereocenters. The lowest BCUT2D eigenvalue weighted by Crippen LogP contribution is -2.12. The van der Waals surface area contributed by atoms with Crippen molar-refractivity contribution < 1.29 is 0 Å². The van der Waals surface area contributed by atoms with E-state index < -0.39 is 0 Å². The van der Waals surface area contributed by atoms with E-state index in [4.69, 9.17) is 10.8 Å². The Hall–Kier alpha value is -0.660. The average Bonchev–Trinajstić information content (AvgIpc) is 1.79. The van der Waals surface area contributed by atoms with Crippen LogP contribution in [0.15, 0.2) is 0 Å². The minimum atomic E-state index is 0.221. The van der Waals surface area contributed by atoms with Gasteiger partial charge in [-0.1, -0.05) is 20.8 Å². The fourth-order valence-corrected chi connectivity index (χ4v) is 0.975. The zero-order valence-corrected chi connectivity index (χ0v) is 7.70. The molecule has 11 heavy (non-hydrogen) atoms. The van der Waals surface area contributed by atoms with Gasteiger partial charge >= 0.3 is 0 Å². The van der Waals surface area contributed by atoms with Gasteiger partial charge in [0.25, 0.3) is 0 Å². The molecule has 2 heteroatoms. The van der Waals surface area contributed by atoms with E-state index in [2.05, 4.69) is 20.8 Å².